The fraction of sp³-hybridized carbons (Fsp3) is 0.444. The van der Waals surface area contributed by atoms with Crippen molar-refractivity contribution in [3.63, 3.8) is 0 Å². The van der Waals surface area contributed by atoms with Crippen molar-refractivity contribution >= 4 is 11.8 Å². The van der Waals surface area contributed by atoms with Crippen LogP contribution in [0.1, 0.15) is 43.0 Å². The standard InChI is InChI=1S/C18H23FN4O/c1-12-10-17(22-18(20)21-12)23-9-5-3-4-6-15(23)14-8-7-13(19)11-16(14)24-2/h7-8,10-11,15H,3-6,9H2,1-2H3,(H2,20,21,22). The first kappa shape index (κ1) is 16.5. The topological polar surface area (TPSA) is 64.3 Å². The quantitative estimate of drug-likeness (QED) is 0.931. The molecule has 2 aromatic rings. The highest BCUT2D eigenvalue weighted by atomic mass is 19.1. The number of nitrogens with zero attached hydrogens (tertiary/aromatic N) is 3. The Labute approximate surface area is 141 Å². The monoisotopic (exact) mass is 330 g/mol. The van der Waals surface area contributed by atoms with Gasteiger partial charge in [-0.15, -0.1) is 0 Å². The lowest BCUT2D eigenvalue weighted by Gasteiger charge is -2.32. The van der Waals surface area contributed by atoms with Crippen LogP contribution in [0, 0.1) is 12.7 Å². The van der Waals surface area contributed by atoms with E-state index in [9.17, 15) is 4.39 Å². The van der Waals surface area contributed by atoms with E-state index in [0.29, 0.717) is 5.75 Å². The Bertz CT molecular complexity index is 702. The third-order valence-corrected chi connectivity index (χ3v) is 4.46. The fourth-order valence-corrected chi connectivity index (χ4v) is 3.39. The van der Waals surface area contributed by atoms with Crippen LogP contribution >= 0.6 is 0 Å². The van der Waals surface area contributed by atoms with Gasteiger partial charge in [0.05, 0.1) is 13.2 Å². The van der Waals surface area contributed by atoms with Gasteiger partial charge in [-0.3, -0.25) is 0 Å². The van der Waals surface area contributed by atoms with Crippen molar-refractivity contribution in [2.24, 2.45) is 0 Å². The van der Waals surface area contributed by atoms with Crippen LogP contribution in [0.3, 0.4) is 0 Å². The molecular formula is C18H23FN4O. The van der Waals surface area contributed by atoms with E-state index in [-0.39, 0.29) is 17.8 Å². The summed E-state index contributed by atoms with van der Waals surface area (Å²) >= 11 is 0. The summed E-state index contributed by atoms with van der Waals surface area (Å²) < 4.78 is 19.0. The van der Waals surface area contributed by atoms with Gasteiger partial charge >= 0.3 is 0 Å². The van der Waals surface area contributed by atoms with E-state index in [2.05, 4.69) is 14.9 Å². The number of benzene rings is 1. The summed E-state index contributed by atoms with van der Waals surface area (Å²) in [6.07, 6.45) is 4.32. The number of rotatable bonds is 3. The smallest absolute Gasteiger partial charge is 0.222 e. The summed E-state index contributed by atoms with van der Waals surface area (Å²) in [5.41, 5.74) is 7.66. The minimum atomic E-state index is -0.294. The largest absolute Gasteiger partial charge is 0.496 e. The van der Waals surface area contributed by atoms with E-state index in [1.165, 1.54) is 12.1 Å². The molecule has 0 spiro atoms. The minimum Gasteiger partial charge on any atom is -0.496 e. The molecule has 0 saturated carbocycles. The molecule has 1 fully saturated rings. The number of hydrogen-bond acceptors (Lipinski definition) is 5. The summed E-state index contributed by atoms with van der Waals surface area (Å²) in [7, 11) is 1.58. The van der Waals surface area contributed by atoms with Crippen LogP contribution in [0.15, 0.2) is 24.3 Å². The molecule has 0 amide bonds. The van der Waals surface area contributed by atoms with Gasteiger partial charge in [-0.2, -0.15) is 4.98 Å². The van der Waals surface area contributed by atoms with Crippen LogP contribution < -0.4 is 15.4 Å². The van der Waals surface area contributed by atoms with Crippen molar-refractivity contribution < 1.29 is 9.13 Å². The Morgan fingerprint density at radius 1 is 1.21 bits per heavy atom. The molecule has 1 atom stereocenters. The van der Waals surface area contributed by atoms with E-state index in [0.717, 1.165) is 49.3 Å². The summed E-state index contributed by atoms with van der Waals surface area (Å²) in [4.78, 5) is 10.8. The lowest BCUT2D eigenvalue weighted by Crippen LogP contribution is -2.30. The van der Waals surface area contributed by atoms with E-state index in [4.69, 9.17) is 10.5 Å². The Balaban J connectivity index is 2.05. The summed E-state index contributed by atoms with van der Waals surface area (Å²) in [6.45, 7) is 2.79. The van der Waals surface area contributed by atoms with Gasteiger partial charge in [0.25, 0.3) is 0 Å². The zero-order valence-electron chi connectivity index (χ0n) is 14.1. The van der Waals surface area contributed by atoms with E-state index in [1.54, 1.807) is 7.11 Å². The first-order valence-electron chi connectivity index (χ1n) is 8.29. The van der Waals surface area contributed by atoms with Crippen molar-refractivity contribution in [2.45, 2.75) is 38.6 Å². The van der Waals surface area contributed by atoms with Gasteiger partial charge in [0.2, 0.25) is 5.95 Å². The number of aryl methyl sites for hydroxylation is 1. The van der Waals surface area contributed by atoms with Crippen molar-refractivity contribution in [3.05, 3.63) is 41.3 Å². The number of ether oxygens (including phenoxy) is 1. The molecule has 1 saturated heterocycles. The van der Waals surface area contributed by atoms with Crippen LogP contribution in [-0.2, 0) is 0 Å². The predicted molar refractivity (Wildman–Crippen MR) is 92.7 cm³/mol. The van der Waals surface area contributed by atoms with Crippen LogP contribution in [0.2, 0.25) is 0 Å². The number of nitrogen functional groups attached to an aromatic ring is 1. The molecule has 1 aliphatic rings. The highest BCUT2D eigenvalue weighted by Gasteiger charge is 2.27. The Morgan fingerprint density at radius 2 is 2.04 bits per heavy atom. The maximum atomic E-state index is 13.6. The lowest BCUT2D eigenvalue weighted by molar-refractivity contribution is 0.399. The highest BCUT2D eigenvalue weighted by Crippen LogP contribution is 2.38. The second-order valence-corrected chi connectivity index (χ2v) is 6.17. The molecule has 24 heavy (non-hydrogen) atoms. The number of aromatic nitrogens is 2. The maximum absolute atomic E-state index is 13.6. The van der Waals surface area contributed by atoms with Crippen molar-refractivity contribution in [2.75, 3.05) is 24.3 Å². The molecule has 1 aliphatic heterocycles. The Hall–Kier alpha value is -2.37. The zero-order chi connectivity index (χ0) is 17.1. The van der Waals surface area contributed by atoms with Crippen LogP contribution in [0.5, 0.6) is 5.75 Å². The number of anilines is 2. The van der Waals surface area contributed by atoms with Gasteiger partial charge in [-0.1, -0.05) is 18.9 Å². The lowest BCUT2D eigenvalue weighted by atomic mass is 9.99. The van der Waals surface area contributed by atoms with Crippen LogP contribution in [0.25, 0.3) is 0 Å². The maximum Gasteiger partial charge on any atom is 0.222 e. The number of hydrogen-bond donors (Lipinski definition) is 1. The molecule has 2 N–H and O–H groups in total. The van der Waals surface area contributed by atoms with Crippen LogP contribution in [0.4, 0.5) is 16.2 Å². The molecule has 1 aromatic carbocycles. The van der Waals surface area contributed by atoms with E-state index >= 15 is 0 Å². The van der Waals surface area contributed by atoms with Gasteiger partial charge in [0, 0.05) is 29.9 Å². The number of methoxy groups -OCH3 is 1. The van der Waals surface area contributed by atoms with Gasteiger partial charge in [0.1, 0.15) is 17.4 Å². The van der Waals surface area contributed by atoms with E-state index < -0.39 is 0 Å². The zero-order valence-corrected chi connectivity index (χ0v) is 14.1. The molecule has 6 heteroatoms. The third kappa shape index (κ3) is 3.42. The van der Waals surface area contributed by atoms with Gasteiger partial charge in [0.15, 0.2) is 0 Å². The normalized spacial score (nSPS) is 18.3. The third-order valence-electron chi connectivity index (χ3n) is 4.46. The first-order valence-corrected chi connectivity index (χ1v) is 8.29. The second kappa shape index (κ2) is 7.03. The molecule has 0 bridgehead atoms. The van der Waals surface area contributed by atoms with E-state index in [1.807, 2.05) is 19.1 Å². The molecule has 3 rings (SSSR count). The minimum absolute atomic E-state index is 0.0803. The molecule has 2 heterocycles. The SMILES string of the molecule is COc1cc(F)ccc1C1CCCCCN1c1cc(C)nc(N)n1. The molecule has 5 nitrogen and oxygen atoms in total. The summed E-state index contributed by atoms with van der Waals surface area (Å²) in [5.74, 6) is 1.38. The summed E-state index contributed by atoms with van der Waals surface area (Å²) in [6, 6.07) is 6.77. The Morgan fingerprint density at radius 3 is 2.79 bits per heavy atom. The second-order valence-electron chi connectivity index (χ2n) is 6.17. The van der Waals surface area contributed by atoms with Crippen molar-refractivity contribution in [3.8, 4) is 5.75 Å². The van der Waals surface area contributed by atoms with Gasteiger partial charge < -0.3 is 15.4 Å². The molecular weight excluding hydrogens is 307 g/mol. The molecule has 1 unspecified atom stereocenters. The number of nitrogens with two attached hydrogens (primary N) is 1. The average molecular weight is 330 g/mol. The highest BCUT2D eigenvalue weighted by molar-refractivity contribution is 5.49. The molecule has 0 aliphatic carbocycles. The van der Waals surface area contributed by atoms with Crippen LogP contribution in [-0.4, -0.2) is 23.6 Å². The summed E-state index contributed by atoms with van der Waals surface area (Å²) in [5, 5.41) is 0. The molecule has 128 valence electrons. The van der Waals surface area contributed by atoms with Crippen molar-refractivity contribution in [1.29, 1.82) is 0 Å². The fourth-order valence-electron chi connectivity index (χ4n) is 3.39. The first-order chi connectivity index (χ1) is 11.6. The van der Waals surface area contributed by atoms with Gasteiger partial charge in [-0.25, -0.2) is 9.37 Å². The molecule has 1 aromatic heterocycles. The van der Waals surface area contributed by atoms with Crippen molar-refractivity contribution in [1.82, 2.24) is 9.97 Å². The Kier molecular flexibility index (Phi) is 4.83. The average Bonchev–Trinajstić information content (AvgIpc) is 2.79. The number of halogens is 1. The predicted octanol–water partition coefficient (Wildman–Crippen LogP) is 3.64. The van der Waals surface area contributed by atoms with Gasteiger partial charge in [-0.05, 0) is 25.8 Å². The molecule has 0 radical (unpaired) electrons.